The van der Waals surface area contributed by atoms with Crippen LogP contribution in [-0.4, -0.2) is 29.8 Å². The summed E-state index contributed by atoms with van der Waals surface area (Å²) in [5.74, 6) is -1.04. The number of anilines is 1. The highest BCUT2D eigenvalue weighted by Gasteiger charge is 2.38. The molecule has 2 heterocycles. The van der Waals surface area contributed by atoms with Gasteiger partial charge in [-0.25, -0.2) is 4.39 Å². The first-order chi connectivity index (χ1) is 12.5. The molecule has 2 aliphatic heterocycles. The maximum absolute atomic E-state index is 13.4. The quantitative estimate of drug-likeness (QED) is 0.810. The van der Waals surface area contributed by atoms with Crippen molar-refractivity contribution in [1.82, 2.24) is 4.90 Å². The molecule has 2 amide bonds. The lowest BCUT2D eigenvalue weighted by Gasteiger charge is -2.30. The van der Waals surface area contributed by atoms with E-state index in [9.17, 15) is 14.0 Å². The molecule has 2 aliphatic rings. The number of hydrogen-bond acceptors (Lipinski definition) is 2. The van der Waals surface area contributed by atoms with Crippen molar-refractivity contribution in [3.05, 3.63) is 64.4 Å². The van der Waals surface area contributed by atoms with Gasteiger partial charge in [0.1, 0.15) is 5.82 Å². The van der Waals surface area contributed by atoms with E-state index in [-0.39, 0.29) is 29.2 Å². The zero-order valence-electron chi connectivity index (χ0n) is 14.1. The van der Waals surface area contributed by atoms with E-state index in [1.54, 1.807) is 0 Å². The molecule has 0 aromatic heterocycles. The van der Waals surface area contributed by atoms with Gasteiger partial charge < -0.3 is 9.80 Å². The minimum absolute atomic E-state index is 0.00330. The topological polar surface area (TPSA) is 40.6 Å². The highest BCUT2D eigenvalue weighted by molar-refractivity contribution is 6.31. The normalized spacial score (nSPS) is 19.6. The van der Waals surface area contributed by atoms with Gasteiger partial charge in [0.05, 0.1) is 10.9 Å². The Labute approximate surface area is 156 Å². The van der Waals surface area contributed by atoms with Crippen molar-refractivity contribution in [1.29, 1.82) is 0 Å². The van der Waals surface area contributed by atoms with E-state index in [1.165, 1.54) is 34.2 Å². The maximum atomic E-state index is 13.4. The fraction of sp³-hybridized carbons (Fsp3) is 0.300. The molecule has 1 atom stereocenters. The lowest BCUT2D eigenvalue weighted by Crippen LogP contribution is -2.40. The van der Waals surface area contributed by atoms with E-state index in [4.69, 9.17) is 11.6 Å². The second kappa shape index (κ2) is 6.72. The zero-order valence-corrected chi connectivity index (χ0v) is 14.9. The predicted octanol–water partition coefficient (Wildman–Crippen LogP) is 3.42. The monoisotopic (exact) mass is 372 g/mol. The molecule has 4 rings (SSSR count). The van der Waals surface area contributed by atoms with Gasteiger partial charge in [-0.3, -0.25) is 9.59 Å². The third-order valence-electron chi connectivity index (χ3n) is 5.13. The molecule has 1 saturated heterocycles. The van der Waals surface area contributed by atoms with Gasteiger partial charge in [-0.15, -0.1) is 0 Å². The molecule has 6 heteroatoms. The first-order valence-corrected chi connectivity index (χ1v) is 9.01. The van der Waals surface area contributed by atoms with Crippen LogP contribution in [0, 0.1) is 11.7 Å². The van der Waals surface area contributed by atoms with Gasteiger partial charge in [-0.1, -0.05) is 35.9 Å². The number of carbonyl (C=O) groups is 2. The molecule has 134 valence electrons. The van der Waals surface area contributed by atoms with Gasteiger partial charge in [-0.05, 0) is 35.7 Å². The standard InChI is InChI=1S/C20H18ClFN2O2/c21-17-10-16(5-6-18(17)22)24-12-15(9-19(24)25)20(26)23-8-7-13-3-1-2-4-14(13)11-23/h1-6,10,15H,7-9,11-12H2. The summed E-state index contributed by atoms with van der Waals surface area (Å²) in [7, 11) is 0. The molecule has 0 N–H and O–H groups in total. The van der Waals surface area contributed by atoms with E-state index in [1.807, 2.05) is 23.1 Å². The van der Waals surface area contributed by atoms with Crippen LogP contribution in [-0.2, 0) is 22.6 Å². The Morgan fingerprint density at radius 3 is 2.69 bits per heavy atom. The first-order valence-electron chi connectivity index (χ1n) is 8.64. The lowest BCUT2D eigenvalue weighted by molar-refractivity contribution is -0.136. The van der Waals surface area contributed by atoms with Gasteiger partial charge in [-0.2, -0.15) is 0 Å². The molecular weight excluding hydrogens is 355 g/mol. The molecular formula is C20H18ClFN2O2. The van der Waals surface area contributed by atoms with Crippen LogP contribution < -0.4 is 4.90 Å². The second-order valence-corrected chi connectivity index (χ2v) is 7.19. The van der Waals surface area contributed by atoms with Crippen molar-refractivity contribution < 1.29 is 14.0 Å². The summed E-state index contributed by atoms with van der Waals surface area (Å²) in [4.78, 5) is 28.7. The number of hydrogen-bond donors (Lipinski definition) is 0. The minimum Gasteiger partial charge on any atom is -0.338 e. The Morgan fingerprint density at radius 2 is 1.92 bits per heavy atom. The van der Waals surface area contributed by atoms with E-state index in [2.05, 4.69) is 6.07 Å². The van der Waals surface area contributed by atoms with Crippen LogP contribution in [0.2, 0.25) is 5.02 Å². The Kier molecular flexibility index (Phi) is 4.41. The van der Waals surface area contributed by atoms with Crippen molar-refractivity contribution in [2.24, 2.45) is 5.92 Å². The average molecular weight is 373 g/mol. The van der Waals surface area contributed by atoms with Crippen LogP contribution in [0.25, 0.3) is 0 Å². The third kappa shape index (κ3) is 3.07. The third-order valence-corrected chi connectivity index (χ3v) is 5.42. The Balaban J connectivity index is 1.48. The number of benzene rings is 2. The van der Waals surface area contributed by atoms with Gasteiger partial charge >= 0.3 is 0 Å². The lowest BCUT2D eigenvalue weighted by atomic mass is 9.98. The fourth-order valence-electron chi connectivity index (χ4n) is 3.72. The molecule has 0 spiro atoms. The average Bonchev–Trinajstić information content (AvgIpc) is 3.04. The Bertz CT molecular complexity index is 886. The summed E-state index contributed by atoms with van der Waals surface area (Å²) >= 11 is 5.82. The molecule has 0 radical (unpaired) electrons. The molecule has 0 saturated carbocycles. The van der Waals surface area contributed by atoms with Crippen molar-refractivity contribution in [3.8, 4) is 0 Å². The van der Waals surface area contributed by atoms with Crippen molar-refractivity contribution in [3.63, 3.8) is 0 Å². The molecule has 2 aromatic rings. The first kappa shape index (κ1) is 17.0. The fourth-order valence-corrected chi connectivity index (χ4v) is 3.89. The second-order valence-electron chi connectivity index (χ2n) is 6.78. The van der Waals surface area contributed by atoms with Crippen LogP contribution in [0.4, 0.5) is 10.1 Å². The van der Waals surface area contributed by atoms with Crippen LogP contribution in [0.1, 0.15) is 17.5 Å². The Hall–Kier alpha value is -2.40. The number of carbonyl (C=O) groups excluding carboxylic acids is 2. The van der Waals surface area contributed by atoms with E-state index >= 15 is 0 Å². The molecule has 0 bridgehead atoms. The molecule has 26 heavy (non-hydrogen) atoms. The summed E-state index contributed by atoms with van der Waals surface area (Å²) in [6.07, 6.45) is 1.01. The number of amides is 2. The molecule has 1 unspecified atom stereocenters. The van der Waals surface area contributed by atoms with Crippen molar-refractivity contribution in [2.75, 3.05) is 18.0 Å². The van der Waals surface area contributed by atoms with Crippen LogP contribution >= 0.6 is 11.6 Å². The predicted molar refractivity (Wildman–Crippen MR) is 97.4 cm³/mol. The number of fused-ring (bicyclic) bond motifs is 1. The van der Waals surface area contributed by atoms with E-state index in [0.717, 1.165) is 6.42 Å². The largest absolute Gasteiger partial charge is 0.338 e. The molecule has 0 aliphatic carbocycles. The van der Waals surface area contributed by atoms with E-state index in [0.29, 0.717) is 25.3 Å². The number of halogens is 2. The van der Waals surface area contributed by atoms with E-state index < -0.39 is 5.82 Å². The maximum Gasteiger partial charge on any atom is 0.228 e. The minimum atomic E-state index is -0.526. The van der Waals surface area contributed by atoms with Crippen LogP contribution in [0.3, 0.4) is 0 Å². The van der Waals surface area contributed by atoms with Crippen molar-refractivity contribution >= 4 is 29.1 Å². The van der Waals surface area contributed by atoms with Crippen LogP contribution in [0.15, 0.2) is 42.5 Å². The van der Waals surface area contributed by atoms with Gasteiger partial charge in [0.25, 0.3) is 0 Å². The smallest absolute Gasteiger partial charge is 0.228 e. The summed E-state index contributed by atoms with van der Waals surface area (Å²) in [5.41, 5.74) is 2.97. The summed E-state index contributed by atoms with van der Waals surface area (Å²) in [5, 5.41) is -0.0299. The molecule has 1 fully saturated rings. The summed E-state index contributed by atoms with van der Waals surface area (Å²) in [6, 6.07) is 12.3. The summed E-state index contributed by atoms with van der Waals surface area (Å²) in [6.45, 7) is 1.56. The van der Waals surface area contributed by atoms with Gasteiger partial charge in [0, 0.05) is 31.7 Å². The molecule has 2 aromatic carbocycles. The highest BCUT2D eigenvalue weighted by atomic mass is 35.5. The Morgan fingerprint density at radius 1 is 1.15 bits per heavy atom. The van der Waals surface area contributed by atoms with Gasteiger partial charge in [0.2, 0.25) is 11.8 Å². The van der Waals surface area contributed by atoms with Crippen molar-refractivity contribution in [2.45, 2.75) is 19.4 Å². The summed E-state index contributed by atoms with van der Waals surface area (Å²) < 4.78 is 13.4. The van der Waals surface area contributed by atoms with Gasteiger partial charge in [0.15, 0.2) is 0 Å². The van der Waals surface area contributed by atoms with Crippen LogP contribution in [0.5, 0.6) is 0 Å². The zero-order chi connectivity index (χ0) is 18.3. The molecule has 4 nitrogen and oxygen atoms in total. The number of nitrogens with zero attached hydrogens (tertiary/aromatic N) is 2. The number of rotatable bonds is 2. The highest BCUT2D eigenvalue weighted by Crippen LogP contribution is 2.30. The SMILES string of the molecule is O=C(C1CC(=O)N(c2ccc(F)c(Cl)c2)C1)N1CCc2ccccc2C1.